The SMILES string of the molecule is O=C(CSc1nc2ccccc2c(=O)n1-c1ccccc1Cl)Nc1ccc(Cl)cc1. The van der Waals surface area contributed by atoms with Crippen molar-refractivity contribution in [1.29, 1.82) is 0 Å². The fraction of sp³-hybridized carbons (Fsp3) is 0.0455. The van der Waals surface area contributed by atoms with Crippen molar-refractivity contribution in [3.63, 3.8) is 0 Å². The molecule has 0 fully saturated rings. The van der Waals surface area contributed by atoms with Gasteiger partial charge in [-0.1, -0.05) is 59.2 Å². The Balaban J connectivity index is 1.68. The number of hydrogen-bond donors (Lipinski definition) is 1. The molecule has 0 radical (unpaired) electrons. The summed E-state index contributed by atoms with van der Waals surface area (Å²) < 4.78 is 1.45. The second-order valence-electron chi connectivity index (χ2n) is 6.35. The molecule has 0 spiro atoms. The number of nitrogens with zero attached hydrogens (tertiary/aromatic N) is 2. The summed E-state index contributed by atoms with van der Waals surface area (Å²) in [5.74, 6) is -0.159. The molecule has 0 aliphatic heterocycles. The molecule has 4 rings (SSSR count). The van der Waals surface area contributed by atoms with Gasteiger partial charge >= 0.3 is 0 Å². The first-order valence-electron chi connectivity index (χ1n) is 8.98. The van der Waals surface area contributed by atoms with Crippen LogP contribution in [0.3, 0.4) is 0 Å². The Morgan fingerprint density at radius 3 is 2.43 bits per heavy atom. The van der Waals surface area contributed by atoms with E-state index < -0.39 is 0 Å². The number of benzene rings is 3. The third-order valence-electron chi connectivity index (χ3n) is 4.30. The van der Waals surface area contributed by atoms with Gasteiger partial charge in [-0.15, -0.1) is 0 Å². The highest BCUT2D eigenvalue weighted by atomic mass is 35.5. The van der Waals surface area contributed by atoms with Crippen LogP contribution in [0.25, 0.3) is 16.6 Å². The van der Waals surface area contributed by atoms with Crippen molar-refractivity contribution in [3.8, 4) is 5.69 Å². The summed E-state index contributed by atoms with van der Waals surface area (Å²) in [7, 11) is 0. The summed E-state index contributed by atoms with van der Waals surface area (Å²) in [5.41, 5.74) is 1.48. The highest BCUT2D eigenvalue weighted by Gasteiger charge is 2.16. The van der Waals surface area contributed by atoms with Crippen molar-refractivity contribution < 1.29 is 4.79 Å². The molecule has 1 N–H and O–H groups in total. The van der Waals surface area contributed by atoms with Crippen molar-refractivity contribution in [1.82, 2.24) is 9.55 Å². The minimum atomic E-state index is -0.241. The molecule has 0 unspecified atom stereocenters. The molecule has 0 saturated heterocycles. The number of carbonyl (C=O) groups is 1. The molecule has 1 amide bonds. The summed E-state index contributed by atoms with van der Waals surface area (Å²) >= 11 is 13.4. The molecule has 0 saturated carbocycles. The predicted molar refractivity (Wildman–Crippen MR) is 123 cm³/mol. The minimum Gasteiger partial charge on any atom is -0.325 e. The number of rotatable bonds is 5. The van der Waals surface area contributed by atoms with Crippen LogP contribution in [0.5, 0.6) is 0 Å². The Bertz CT molecular complexity index is 1290. The van der Waals surface area contributed by atoms with Crippen LogP contribution in [0.15, 0.2) is 82.7 Å². The molecular formula is C22H15Cl2N3O2S. The van der Waals surface area contributed by atoms with E-state index in [0.717, 1.165) is 0 Å². The Morgan fingerprint density at radius 1 is 0.967 bits per heavy atom. The summed E-state index contributed by atoms with van der Waals surface area (Å²) in [6, 6.07) is 21.0. The molecule has 0 aliphatic rings. The van der Waals surface area contributed by atoms with Gasteiger partial charge in [0.15, 0.2) is 5.16 Å². The smallest absolute Gasteiger partial charge is 0.266 e. The maximum Gasteiger partial charge on any atom is 0.266 e. The van der Waals surface area contributed by atoms with Gasteiger partial charge in [-0.05, 0) is 48.5 Å². The Kier molecular flexibility index (Phi) is 6.08. The van der Waals surface area contributed by atoms with E-state index in [9.17, 15) is 9.59 Å². The molecule has 3 aromatic carbocycles. The van der Waals surface area contributed by atoms with Crippen LogP contribution in [0.2, 0.25) is 10.0 Å². The topological polar surface area (TPSA) is 64.0 Å². The molecule has 30 heavy (non-hydrogen) atoms. The van der Waals surface area contributed by atoms with E-state index in [0.29, 0.717) is 37.5 Å². The zero-order valence-corrected chi connectivity index (χ0v) is 17.8. The molecule has 0 atom stereocenters. The van der Waals surface area contributed by atoms with Crippen LogP contribution >= 0.6 is 35.0 Å². The van der Waals surface area contributed by atoms with Crippen LogP contribution in [-0.4, -0.2) is 21.2 Å². The van der Waals surface area contributed by atoms with E-state index in [1.165, 1.54) is 16.3 Å². The van der Waals surface area contributed by atoms with E-state index in [-0.39, 0.29) is 17.2 Å². The molecule has 5 nitrogen and oxygen atoms in total. The normalized spacial score (nSPS) is 10.9. The molecule has 1 aromatic heterocycles. The van der Waals surface area contributed by atoms with Crippen molar-refractivity contribution in [3.05, 3.63) is 93.2 Å². The number of anilines is 1. The summed E-state index contributed by atoms with van der Waals surface area (Å²) in [6.07, 6.45) is 0. The first-order chi connectivity index (χ1) is 14.5. The van der Waals surface area contributed by atoms with Crippen LogP contribution in [0.1, 0.15) is 0 Å². The maximum atomic E-state index is 13.2. The first-order valence-corrected chi connectivity index (χ1v) is 10.7. The Morgan fingerprint density at radius 2 is 1.67 bits per heavy atom. The molecule has 0 bridgehead atoms. The lowest BCUT2D eigenvalue weighted by molar-refractivity contribution is -0.113. The molecule has 8 heteroatoms. The monoisotopic (exact) mass is 455 g/mol. The van der Waals surface area contributed by atoms with E-state index in [4.69, 9.17) is 23.2 Å². The summed E-state index contributed by atoms with van der Waals surface area (Å²) in [5, 5.41) is 4.68. The van der Waals surface area contributed by atoms with Gasteiger partial charge in [-0.3, -0.25) is 14.2 Å². The molecule has 4 aromatic rings. The molecule has 150 valence electrons. The van der Waals surface area contributed by atoms with Crippen molar-refractivity contribution >= 4 is 57.5 Å². The second-order valence-corrected chi connectivity index (χ2v) is 8.13. The summed E-state index contributed by atoms with van der Waals surface area (Å²) in [6.45, 7) is 0. The number of para-hydroxylation sites is 2. The third kappa shape index (κ3) is 4.36. The number of nitrogens with one attached hydrogen (secondary N) is 1. The van der Waals surface area contributed by atoms with E-state index in [1.54, 1.807) is 66.7 Å². The van der Waals surface area contributed by atoms with Crippen molar-refractivity contribution in [2.24, 2.45) is 0 Å². The number of aromatic nitrogens is 2. The quantitative estimate of drug-likeness (QED) is 0.322. The minimum absolute atomic E-state index is 0.0673. The maximum absolute atomic E-state index is 13.2. The van der Waals surface area contributed by atoms with E-state index in [1.807, 2.05) is 6.07 Å². The van der Waals surface area contributed by atoms with Gasteiger partial charge in [-0.2, -0.15) is 0 Å². The van der Waals surface area contributed by atoms with Crippen LogP contribution in [-0.2, 0) is 4.79 Å². The first kappa shape index (κ1) is 20.5. The number of carbonyl (C=O) groups excluding carboxylic acids is 1. The Labute approximate surface area is 186 Å². The van der Waals surface area contributed by atoms with E-state index in [2.05, 4.69) is 10.3 Å². The molecular weight excluding hydrogens is 441 g/mol. The number of halogens is 2. The van der Waals surface area contributed by atoms with E-state index >= 15 is 0 Å². The highest BCUT2D eigenvalue weighted by Crippen LogP contribution is 2.26. The number of amides is 1. The lowest BCUT2D eigenvalue weighted by atomic mass is 10.2. The van der Waals surface area contributed by atoms with Gasteiger partial charge in [0.05, 0.1) is 27.4 Å². The van der Waals surface area contributed by atoms with Crippen LogP contribution in [0.4, 0.5) is 5.69 Å². The van der Waals surface area contributed by atoms with Crippen LogP contribution < -0.4 is 10.9 Å². The standard InChI is InChI=1S/C22H15Cl2N3O2S/c23-14-9-11-15(12-10-14)25-20(28)13-30-22-26-18-7-3-1-5-16(18)21(29)27(22)19-8-4-2-6-17(19)24/h1-12H,13H2,(H,25,28). The van der Waals surface area contributed by atoms with Gasteiger partial charge in [0.25, 0.3) is 5.56 Å². The van der Waals surface area contributed by atoms with Gasteiger partial charge in [-0.25, -0.2) is 4.98 Å². The fourth-order valence-corrected chi connectivity index (χ4v) is 4.07. The average Bonchev–Trinajstić information content (AvgIpc) is 2.75. The number of fused-ring (bicyclic) bond motifs is 1. The predicted octanol–water partition coefficient (Wildman–Crippen LogP) is 5.42. The highest BCUT2D eigenvalue weighted by molar-refractivity contribution is 7.99. The van der Waals surface area contributed by atoms with Gasteiger partial charge < -0.3 is 5.32 Å². The zero-order chi connectivity index (χ0) is 21.1. The van der Waals surface area contributed by atoms with Crippen molar-refractivity contribution in [2.45, 2.75) is 5.16 Å². The second kappa shape index (κ2) is 8.92. The molecule has 1 heterocycles. The largest absolute Gasteiger partial charge is 0.325 e. The fourth-order valence-electron chi connectivity index (χ4n) is 2.92. The number of hydrogen-bond acceptors (Lipinski definition) is 4. The van der Waals surface area contributed by atoms with Gasteiger partial charge in [0.1, 0.15) is 0 Å². The lowest BCUT2D eigenvalue weighted by Gasteiger charge is -2.14. The van der Waals surface area contributed by atoms with Crippen LogP contribution in [0, 0.1) is 0 Å². The van der Waals surface area contributed by atoms with Crippen molar-refractivity contribution in [2.75, 3.05) is 11.1 Å². The van der Waals surface area contributed by atoms with Gasteiger partial charge in [0.2, 0.25) is 5.91 Å². The summed E-state index contributed by atoms with van der Waals surface area (Å²) in [4.78, 5) is 30.2. The third-order valence-corrected chi connectivity index (χ3v) is 5.81. The van der Waals surface area contributed by atoms with Gasteiger partial charge in [0, 0.05) is 10.7 Å². The lowest BCUT2D eigenvalue weighted by Crippen LogP contribution is -2.23. The zero-order valence-electron chi connectivity index (χ0n) is 15.5. The number of thioether (sulfide) groups is 1. The molecule has 0 aliphatic carbocycles. The Hall–Kier alpha value is -2.80. The average molecular weight is 456 g/mol.